The predicted octanol–water partition coefficient (Wildman–Crippen LogP) is 0.543. The fourth-order valence-corrected chi connectivity index (χ4v) is 2.55. The molecular weight excluding hydrogens is 284 g/mol. The van der Waals surface area contributed by atoms with Crippen molar-refractivity contribution in [2.24, 2.45) is 0 Å². The molecule has 1 aliphatic rings. The van der Waals surface area contributed by atoms with Crippen molar-refractivity contribution in [2.45, 2.75) is 13.0 Å². The molecular formula is C15H24N4O3. The van der Waals surface area contributed by atoms with Gasteiger partial charge in [-0.2, -0.15) is 0 Å². The molecule has 1 aromatic rings. The molecule has 22 heavy (non-hydrogen) atoms. The fraction of sp³-hybridized carbons (Fsp3) is 0.533. The van der Waals surface area contributed by atoms with Gasteiger partial charge in [-0.3, -0.25) is 9.69 Å². The second kappa shape index (κ2) is 6.85. The van der Waals surface area contributed by atoms with Crippen LogP contribution >= 0.6 is 0 Å². The molecule has 0 aliphatic carbocycles. The molecule has 2 rings (SSSR count). The first-order chi connectivity index (χ1) is 10.5. The molecule has 122 valence electrons. The molecule has 1 fully saturated rings. The highest BCUT2D eigenvalue weighted by molar-refractivity contribution is 5.98. The van der Waals surface area contributed by atoms with E-state index in [4.69, 9.17) is 20.9 Å². The Morgan fingerprint density at radius 1 is 1.32 bits per heavy atom. The lowest BCUT2D eigenvalue weighted by molar-refractivity contribution is -0.124. The van der Waals surface area contributed by atoms with Gasteiger partial charge in [-0.15, -0.1) is 0 Å². The van der Waals surface area contributed by atoms with Crippen molar-refractivity contribution in [3.8, 4) is 5.75 Å². The van der Waals surface area contributed by atoms with E-state index < -0.39 is 0 Å². The maximum Gasteiger partial charge on any atom is 0.243 e. The van der Waals surface area contributed by atoms with Crippen molar-refractivity contribution in [3.63, 3.8) is 0 Å². The summed E-state index contributed by atoms with van der Waals surface area (Å²) in [4.78, 5) is 16.4. The number of hydrogen-bond acceptors (Lipinski definition) is 6. The number of nitrogen functional groups attached to an aromatic ring is 2. The van der Waals surface area contributed by atoms with Gasteiger partial charge in [0.2, 0.25) is 5.91 Å². The number of nitrogens with zero attached hydrogens (tertiary/aromatic N) is 2. The lowest BCUT2D eigenvalue weighted by Crippen LogP contribution is -2.50. The number of rotatable bonds is 4. The van der Waals surface area contributed by atoms with Crippen molar-refractivity contribution in [2.75, 3.05) is 56.8 Å². The number of anilines is 3. The van der Waals surface area contributed by atoms with Gasteiger partial charge in [0.25, 0.3) is 0 Å². The van der Waals surface area contributed by atoms with Crippen LogP contribution in [0.4, 0.5) is 17.1 Å². The maximum atomic E-state index is 12.7. The Morgan fingerprint density at radius 3 is 2.50 bits per heavy atom. The Bertz CT molecular complexity index is 544. The van der Waals surface area contributed by atoms with E-state index in [1.54, 1.807) is 24.1 Å². The number of carbonyl (C=O) groups is 1. The van der Waals surface area contributed by atoms with Gasteiger partial charge in [-0.25, -0.2) is 0 Å². The number of hydrogen-bond donors (Lipinski definition) is 2. The van der Waals surface area contributed by atoms with E-state index in [0.29, 0.717) is 36.0 Å². The first-order valence-electron chi connectivity index (χ1n) is 7.28. The first-order valence-corrected chi connectivity index (χ1v) is 7.28. The zero-order valence-electron chi connectivity index (χ0n) is 13.3. The zero-order valence-corrected chi connectivity index (χ0v) is 13.3. The second-order valence-corrected chi connectivity index (χ2v) is 5.37. The lowest BCUT2D eigenvalue weighted by atomic mass is 10.1. The number of ether oxygens (including phenoxy) is 2. The van der Waals surface area contributed by atoms with Crippen molar-refractivity contribution in [1.29, 1.82) is 0 Å². The number of likely N-dealkylation sites (N-methyl/N-ethyl adjacent to an activating group) is 1. The molecule has 1 saturated heterocycles. The molecule has 7 nitrogen and oxygen atoms in total. The Balaban J connectivity index is 2.21. The second-order valence-electron chi connectivity index (χ2n) is 5.37. The smallest absolute Gasteiger partial charge is 0.243 e. The lowest BCUT2D eigenvalue weighted by Gasteiger charge is -2.34. The van der Waals surface area contributed by atoms with E-state index in [1.807, 2.05) is 6.92 Å². The van der Waals surface area contributed by atoms with Gasteiger partial charge >= 0.3 is 0 Å². The van der Waals surface area contributed by atoms with Gasteiger partial charge < -0.3 is 25.8 Å². The summed E-state index contributed by atoms with van der Waals surface area (Å²) in [6.45, 7) is 4.71. The average molecular weight is 308 g/mol. The Morgan fingerprint density at radius 2 is 1.91 bits per heavy atom. The highest BCUT2D eigenvalue weighted by Gasteiger charge is 2.27. The van der Waals surface area contributed by atoms with Crippen LogP contribution in [0.3, 0.4) is 0 Å². The molecule has 1 atom stereocenters. The van der Waals surface area contributed by atoms with Crippen LogP contribution in [-0.2, 0) is 9.53 Å². The number of morpholine rings is 1. The number of amides is 1. The maximum absolute atomic E-state index is 12.7. The minimum atomic E-state index is -0.239. The minimum Gasteiger partial charge on any atom is -0.494 e. The number of methoxy groups -OCH3 is 1. The van der Waals surface area contributed by atoms with Gasteiger partial charge in [0, 0.05) is 26.2 Å². The van der Waals surface area contributed by atoms with E-state index in [-0.39, 0.29) is 11.9 Å². The molecule has 0 bridgehead atoms. The Hall–Kier alpha value is -1.99. The summed E-state index contributed by atoms with van der Waals surface area (Å²) < 4.78 is 10.6. The zero-order chi connectivity index (χ0) is 16.3. The van der Waals surface area contributed by atoms with Gasteiger partial charge in [0.1, 0.15) is 5.75 Å². The van der Waals surface area contributed by atoms with Crippen LogP contribution in [0, 0.1) is 0 Å². The number of benzene rings is 1. The van der Waals surface area contributed by atoms with Gasteiger partial charge in [0.05, 0.1) is 43.4 Å². The minimum absolute atomic E-state index is 0.0237. The van der Waals surface area contributed by atoms with Crippen molar-refractivity contribution in [3.05, 3.63) is 12.1 Å². The van der Waals surface area contributed by atoms with E-state index in [0.717, 1.165) is 13.1 Å². The standard InChI is InChI=1S/C15H24N4O3/c1-10(19-4-6-22-7-5-19)15(20)18(2)13-8-11(16)12(17)9-14(13)21-3/h8-10H,4-7,16-17H2,1-3H3. The van der Waals surface area contributed by atoms with Crippen LogP contribution < -0.4 is 21.1 Å². The van der Waals surface area contributed by atoms with Crippen LogP contribution in [0.15, 0.2) is 12.1 Å². The van der Waals surface area contributed by atoms with Gasteiger partial charge in [0.15, 0.2) is 0 Å². The van der Waals surface area contributed by atoms with E-state index in [1.165, 1.54) is 7.11 Å². The number of nitrogens with two attached hydrogens (primary N) is 2. The highest BCUT2D eigenvalue weighted by Crippen LogP contribution is 2.34. The molecule has 1 unspecified atom stereocenters. The third-order valence-electron chi connectivity index (χ3n) is 4.03. The van der Waals surface area contributed by atoms with Gasteiger partial charge in [-0.05, 0) is 13.0 Å². The molecule has 4 N–H and O–H groups in total. The fourth-order valence-electron chi connectivity index (χ4n) is 2.55. The molecule has 1 heterocycles. The van der Waals surface area contributed by atoms with Crippen molar-refractivity contribution < 1.29 is 14.3 Å². The molecule has 0 radical (unpaired) electrons. The largest absolute Gasteiger partial charge is 0.494 e. The SMILES string of the molecule is COc1cc(N)c(N)cc1N(C)C(=O)C(C)N1CCOCC1. The molecule has 7 heteroatoms. The Labute approximate surface area is 130 Å². The summed E-state index contributed by atoms with van der Waals surface area (Å²) in [5.74, 6) is 0.501. The van der Waals surface area contributed by atoms with Crippen LogP contribution in [0.2, 0.25) is 0 Å². The predicted molar refractivity (Wildman–Crippen MR) is 87.1 cm³/mol. The highest BCUT2D eigenvalue weighted by atomic mass is 16.5. The molecule has 0 aromatic heterocycles. The topological polar surface area (TPSA) is 94.0 Å². The van der Waals surface area contributed by atoms with Gasteiger partial charge in [-0.1, -0.05) is 0 Å². The van der Waals surface area contributed by atoms with Crippen LogP contribution in [-0.4, -0.2) is 57.3 Å². The first kappa shape index (κ1) is 16.4. The average Bonchev–Trinajstić information content (AvgIpc) is 2.55. The van der Waals surface area contributed by atoms with Crippen LogP contribution in [0.1, 0.15) is 6.92 Å². The quantitative estimate of drug-likeness (QED) is 0.789. The van der Waals surface area contributed by atoms with Crippen molar-refractivity contribution in [1.82, 2.24) is 4.90 Å². The van der Waals surface area contributed by atoms with Crippen LogP contribution in [0.25, 0.3) is 0 Å². The molecule has 0 saturated carbocycles. The summed E-state index contributed by atoms with van der Waals surface area (Å²) in [5.41, 5.74) is 13.1. The molecule has 1 aliphatic heterocycles. The van der Waals surface area contributed by atoms with E-state index in [2.05, 4.69) is 4.90 Å². The molecule has 1 aromatic carbocycles. The monoisotopic (exact) mass is 308 g/mol. The third-order valence-corrected chi connectivity index (χ3v) is 4.03. The third kappa shape index (κ3) is 3.26. The summed E-state index contributed by atoms with van der Waals surface area (Å²) in [6, 6.07) is 3.06. The van der Waals surface area contributed by atoms with Crippen molar-refractivity contribution >= 4 is 23.0 Å². The summed E-state index contributed by atoms with van der Waals surface area (Å²) >= 11 is 0. The molecule has 1 amide bonds. The summed E-state index contributed by atoms with van der Waals surface area (Å²) in [6.07, 6.45) is 0. The van der Waals surface area contributed by atoms with E-state index in [9.17, 15) is 4.79 Å². The summed E-state index contributed by atoms with van der Waals surface area (Å²) in [7, 11) is 3.25. The van der Waals surface area contributed by atoms with Crippen LogP contribution in [0.5, 0.6) is 5.75 Å². The van der Waals surface area contributed by atoms with E-state index >= 15 is 0 Å². The Kier molecular flexibility index (Phi) is 5.10. The normalized spacial score (nSPS) is 17.0. The number of carbonyl (C=O) groups excluding carboxylic acids is 1. The summed E-state index contributed by atoms with van der Waals surface area (Å²) in [5, 5.41) is 0. The molecule has 0 spiro atoms.